The number of hydrogen-bond donors (Lipinski definition) is 1. The van der Waals surface area contributed by atoms with E-state index in [0.29, 0.717) is 5.56 Å². The second kappa shape index (κ2) is 5.71. The van der Waals surface area contributed by atoms with Crippen molar-refractivity contribution in [2.45, 2.75) is 25.7 Å². The van der Waals surface area contributed by atoms with Crippen LogP contribution in [0.25, 0.3) is 0 Å². The summed E-state index contributed by atoms with van der Waals surface area (Å²) < 4.78 is 4.66. The summed E-state index contributed by atoms with van der Waals surface area (Å²) in [6.07, 6.45) is 5.42. The monoisotopic (exact) mass is 233 g/mol. The Kier molecular flexibility index (Phi) is 4.02. The molecule has 17 heavy (non-hydrogen) atoms. The summed E-state index contributed by atoms with van der Waals surface area (Å²) in [5.41, 5.74) is 1.67. The molecule has 1 fully saturated rings. The Labute approximate surface area is 102 Å². The van der Waals surface area contributed by atoms with Gasteiger partial charge in [-0.05, 0) is 43.0 Å². The first-order valence-electron chi connectivity index (χ1n) is 6.22. The molecule has 1 aliphatic carbocycles. The van der Waals surface area contributed by atoms with Gasteiger partial charge in [0.05, 0.1) is 12.7 Å². The van der Waals surface area contributed by atoms with Crippen LogP contribution >= 0.6 is 0 Å². The molecular weight excluding hydrogens is 214 g/mol. The quantitative estimate of drug-likeness (QED) is 0.812. The molecular formula is C14H19NO2. The molecule has 0 heterocycles. The van der Waals surface area contributed by atoms with Gasteiger partial charge in [-0.15, -0.1) is 0 Å². The summed E-state index contributed by atoms with van der Waals surface area (Å²) >= 11 is 0. The fraction of sp³-hybridized carbons (Fsp3) is 0.500. The first kappa shape index (κ1) is 12.0. The van der Waals surface area contributed by atoms with Crippen molar-refractivity contribution in [3.05, 3.63) is 29.8 Å². The van der Waals surface area contributed by atoms with Gasteiger partial charge in [-0.25, -0.2) is 4.79 Å². The Balaban J connectivity index is 1.87. The second-order valence-corrected chi connectivity index (χ2v) is 4.60. The molecule has 0 amide bonds. The van der Waals surface area contributed by atoms with Crippen LogP contribution < -0.4 is 5.32 Å². The Bertz CT molecular complexity index is 366. The lowest BCUT2D eigenvalue weighted by molar-refractivity contribution is 0.0601. The average Bonchev–Trinajstić information content (AvgIpc) is 2.89. The zero-order chi connectivity index (χ0) is 12.1. The smallest absolute Gasteiger partial charge is 0.337 e. The SMILES string of the molecule is COC(=O)c1ccc(NCC2CCCC2)cc1. The summed E-state index contributed by atoms with van der Waals surface area (Å²) in [7, 11) is 1.40. The third-order valence-electron chi connectivity index (χ3n) is 3.38. The number of anilines is 1. The number of carbonyl (C=O) groups excluding carboxylic acids is 1. The predicted octanol–water partition coefficient (Wildman–Crippen LogP) is 3.08. The lowest BCUT2D eigenvalue weighted by atomic mass is 10.1. The maximum atomic E-state index is 11.2. The summed E-state index contributed by atoms with van der Waals surface area (Å²) in [4.78, 5) is 11.2. The molecule has 1 N–H and O–H groups in total. The standard InChI is InChI=1S/C14H19NO2/c1-17-14(16)12-6-8-13(9-7-12)15-10-11-4-2-3-5-11/h6-9,11,15H,2-5,10H2,1H3. The highest BCUT2D eigenvalue weighted by Gasteiger charge is 2.14. The number of benzene rings is 1. The van der Waals surface area contributed by atoms with Crippen molar-refractivity contribution in [1.82, 2.24) is 0 Å². The van der Waals surface area contributed by atoms with Crippen LogP contribution in [0.3, 0.4) is 0 Å². The van der Waals surface area contributed by atoms with E-state index in [1.807, 2.05) is 12.1 Å². The van der Waals surface area contributed by atoms with E-state index in [9.17, 15) is 4.79 Å². The Hall–Kier alpha value is -1.51. The van der Waals surface area contributed by atoms with Crippen molar-refractivity contribution < 1.29 is 9.53 Å². The molecule has 92 valence electrons. The van der Waals surface area contributed by atoms with Crippen molar-refractivity contribution >= 4 is 11.7 Å². The maximum absolute atomic E-state index is 11.2. The molecule has 3 heteroatoms. The van der Waals surface area contributed by atoms with Gasteiger partial charge in [0.2, 0.25) is 0 Å². The summed E-state index contributed by atoms with van der Waals surface area (Å²) in [5.74, 6) is 0.530. The fourth-order valence-electron chi connectivity index (χ4n) is 2.32. The van der Waals surface area contributed by atoms with Crippen LogP contribution in [0.1, 0.15) is 36.0 Å². The Morgan fingerprint density at radius 1 is 1.29 bits per heavy atom. The van der Waals surface area contributed by atoms with Crippen LogP contribution in [-0.2, 0) is 4.74 Å². The molecule has 1 aromatic rings. The minimum Gasteiger partial charge on any atom is -0.465 e. The normalized spacial score (nSPS) is 15.8. The molecule has 0 unspecified atom stereocenters. The minimum absolute atomic E-state index is 0.285. The van der Waals surface area contributed by atoms with Gasteiger partial charge < -0.3 is 10.1 Å². The lowest BCUT2D eigenvalue weighted by Gasteiger charge is -2.11. The van der Waals surface area contributed by atoms with Crippen molar-refractivity contribution in [1.29, 1.82) is 0 Å². The summed E-state index contributed by atoms with van der Waals surface area (Å²) in [5, 5.41) is 3.42. The first-order valence-corrected chi connectivity index (χ1v) is 6.22. The molecule has 0 atom stereocenters. The van der Waals surface area contributed by atoms with Gasteiger partial charge in [0.15, 0.2) is 0 Å². The lowest BCUT2D eigenvalue weighted by Crippen LogP contribution is -2.11. The van der Waals surface area contributed by atoms with Crippen molar-refractivity contribution in [3.63, 3.8) is 0 Å². The third-order valence-corrected chi connectivity index (χ3v) is 3.38. The number of methoxy groups -OCH3 is 1. The zero-order valence-corrected chi connectivity index (χ0v) is 10.2. The van der Waals surface area contributed by atoms with E-state index in [1.54, 1.807) is 12.1 Å². The zero-order valence-electron chi connectivity index (χ0n) is 10.2. The van der Waals surface area contributed by atoms with Gasteiger partial charge in [0.25, 0.3) is 0 Å². The highest BCUT2D eigenvalue weighted by Crippen LogP contribution is 2.25. The topological polar surface area (TPSA) is 38.3 Å². The van der Waals surface area contributed by atoms with Crippen LogP contribution in [0, 0.1) is 5.92 Å². The molecule has 0 aromatic heterocycles. The number of carbonyl (C=O) groups is 1. The minimum atomic E-state index is -0.285. The van der Waals surface area contributed by atoms with Gasteiger partial charge in [0, 0.05) is 12.2 Å². The van der Waals surface area contributed by atoms with Crippen molar-refractivity contribution in [3.8, 4) is 0 Å². The molecule has 2 rings (SSSR count). The van der Waals surface area contributed by atoms with E-state index < -0.39 is 0 Å². The second-order valence-electron chi connectivity index (χ2n) is 4.60. The average molecular weight is 233 g/mol. The Morgan fingerprint density at radius 3 is 2.53 bits per heavy atom. The van der Waals surface area contributed by atoms with Gasteiger partial charge in [-0.3, -0.25) is 0 Å². The maximum Gasteiger partial charge on any atom is 0.337 e. The fourth-order valence-corrected chi connectivity index (χ4v) is 2.32. The molecule has 0 aliphatic heterocycles. The van der Waals surface area contributed by atoms with Gasteiger partial charge in [-0.1, -0.05) is 12.8 Å². The number of rotatable bonds is 4. The molecule has 3 nitrogen and oxygen atoms in total. The largest absolute Gasteiger partial charge is 0.465 e. The predicted molar refractivity (Wildman–Crippen MR) is 68.2 cm³/mol. The third kappa shape index (κ3) is 3.22. The molecule has 0 saturated heterocycles. The van der Waals surface area contributed by atoms with E-state index in [-0.39, 0.29) is 5.97 Å². The van der Waals surface area contributed by atoms with Crippen LogP contribution in [0.2, 0.25) is 0 Å². The number of hydrogen-bond acceptors (Lipinski definition) is 3. The van der Waals surface area contributed by atoms with E-state index in [0.717, 1.165) is 18.2 Å². The van der Waals surface area contributed by atoms with E-state index in [1.165, 1.54) is 32.8 Å². The van der Waals surface area contributed by atoms with Crippen LogP contribution in [0.15, 0.2) is 24.3 Å². The molecule has 0 spiro atoms. The van der Waals surface area contributed by atoms with E-state index in [4.69, 9.17) is 0 Å². The Morgan fingerprint density at radius 2 is 1.94 bits per heavy atom. The first-order chi connectivity index (χ1) is 8.29. The van der Waals surface area contributed by atoms with Crippen LogP contribution in [0.4, 0.5) is 5.69 Å². The van der Waals surface area contributed by atoms with Gasteiger partial charge >= 0.3 is 5.97 Å². The molecule has 0 bridgehead atoms. The van der Waals surface area contributed by atoms with Crippen LogP contribution in [0.5, 0.6) is 0 Å². The molecule has 1 aliphatic rings. The number of ether oxygens (including phenoxy) is 1. The van der Waals surface area contributed by atoms with Crippen molar-refractivity contribution in [2.24, 2.45) is 5.92 Å². The highest BCUT2D eigenvalue weighted by atomic mass is 16.5. The number of esters is 1. The molecule has 1 saturated carbocycles. The summed E-state index contributed by atoms with van der Waals surface area (Å²) in [6, 6.07) is 7.45. The van der Waals surface area contributed by atoms with E-state index >= 15 is 0 Å². The van der Waals surface area contributed by atoms with Gasteiger partial charge in [-0.2, -0.15) is 0 Å². The highest BCUT2D eigenvalue weighted by molar-refractivity contribution is 5.89. The molecule has 0 radical (unpaired) electrons. The number of nitrogens with one attached hydrogen (secondary N) is 1. The molecule has 1 aromatic carbocycles. The van der Waals surface area contributed by atoms with Gasteiger partial charge in [0.1, 0.15) is 0 Å². The van der Waals surface area contributed by atoms with E-state index in [2.05, 4.69) is 10.1 Å². The summed E-state index contributed by atoms with van der Waals surface area (Å²) in [6.45, 7) is 1.04. The van der Waals surface area contributed by atoms with Crippen molar-refractivity contribution in [2.75, 3.05) is 19.0 Å². The van der Waals surface area contributed by atoms with Crippen LogP contribution in [-0.4, -0.2) is 19.6 Å².